The Morgan fingerprint density at radius 3 is 2.61 bits per heavy atom. The Morgan fingerprint density at radius 1 is 1.09 bits per heavy atom. The molecule has 4 rings (SSSR count). The normalized spacial score (nSPS) is 15.4. The van der Waals surface area contributed by atoms with Gasteiger partial charge in [0.2, 0.25) is 0 Å². The lowest BCUT2D eigenvalue weighted by atomic mass is 10.2. The van der Waals surface area contributed by atoms with E-state index < -0.39 is 0 Å². The van der Waals surface area contributed by atoms with Crippen molar-refractivity contribution in [3.05, 3.63) is 41.4 Å². The van der Waals surface area contributed by atoms with Crippen molar-refractivity contribution in [2.45, 2.75) is 6.92 Å². The molecule has 3 heterocycles. The maximum atomic E-state index is 14.2. The van der Waals surface area contributed by atoms with Crippen LogP contribution in [0.3, 0.4) is 0 Å². The molecule has 1 aliphatic rings. The zero-order valence-corrected chi connectivity index (χ0v) is 13.6. The third-order valence-corrected chi connectivity index (χ3v) is 5.07. The molecule has 5 nitrogen and oxygen atoms in total. The molecule has 1 aromatic carbocycles. The van der Waals surface area contributed by atoms with Gasteiger partial charge in [-0.3, -0.25) is 0 Å². The van der Waals surface area contributed by atoms with Gasteiger partial charge in [0.05, 0.1) is 16.6 Å². The maximum Gasteiger partial charge on any atom is 0.185 e. The van der Waals surface area contributed by atoms with Crippen LogP contribution >= 0.6 is 11.3 Å². The van der Waals surface area contributed by atoms with E-state index in [0.717, 1.165) is 37.0 Å². The van der Waals surface area contributed by atoms with Crippen LogP contribution < -0.4 is 9.80 Å². The van der Waals surface area contributed by atoms with Gasteiger partial charge in [-0.1, -0.05) is 6.07 Å². The van der Waals surface area contributed by atoms with Gasteiger partial charge in [0.15, 0.2) is 5.13 Å². The van der Waals surface area contributed by atoms with E-state index in [-0.39, 0.29) is 5.82 Å². The second kappa shape index (κ2) is 5.73. The quantitative estimate of drug-likeness (QED) is 0.723. The SMILES string of the molecule is Cc1csc(N2CCN(c3ncnc4cccc(F)c34)CC2)n1. The zero-order chi connectivity index (χ0) is 15.8. The average molecular weight is 329 g/mol. The molecule has 0 unspecified atom stereocenters. The molecule has 118 valence electrons. The van der Waals surface area contributed by atoms with E-state index in [1.165, 1.54) is 12.4 Å². The van der Waals surface area contributed by atoms with Gasteiger partial charge in [0, 0.05) is 31.6 Å². The minimum Gasteiger partial charge on any atom is -0.352 e. The number of hydrogen-bond acceptors (Lipinski definition) is 6. The van der Waals surface area contributed by atoms with Gasteiger partial charge in [-0.25, -0.2) is 19.3 Å². The Kier molecular flexibility index (Phi) is 3.57. The summed E-state index contributed by atoms with van der Waals surface area (Å²) >= 11 is 1.67. The third-order valence-electron chi connectivity index (χ3n) is 4.05. The molecule has 2 aromatic heterocycles. The molecule has 0 radical (unpaired) electrons. The van der Waals surface area contributed by atoms with Crippen LogP contribution in [0.4, 0.5) is 15.3 Å². The number of thiazole rings is 1. The Morgan fingerprint density at radius 2 is 1.87 bits per heavy atom. The zero-order valence-electron chi connectivity index (χ0n) is 12.7. The van der Waals surface area contributed by atoms with Crippen LogP contribution in [0.1, 0.15) is 5.69 Å². The lowest BCUT2D eigenvalue weighted by Gasteiger charge is -2.35. The van der Waals surface area contributed by atoms with Crippen molar-refractivity contribution in [1.29, 1.82) is 0 Å². The number of halogens is 1. The molecule has 0 bridgehead atoms. The van der Waals surface area contributed by atoms with Gasteiger partial charge in [0.25, 0.3) is 0 Å². The van der Waals surface area contributed by atoms with Crippen LogP contribution in [-0.2, 0) is 0 Å². The molecule has 0 spiro atoms. The Bertz CT molecular complexity index is 836. The predicted molar refractivity (Wildman–Crippen MR) is 90.8 cm³/mol. The smallest absolute Gasteiger partial charge is 0.185 e. The highest BCUT2D eigenvalue weighted by atomic mass is 32.1. The topological polar surface area (TPSA) is 45.2 Å². The minimum absolute atomic E-state index is 0.268. The fraction of sp³-hybridized carbons (Fsp3) is 0.312. The maximum absolute atomic E-state index is 14.2. The number of hydrogen-bond donors (Lipinski definition) is 0. The van der Waals surface area contributed by atoms with Gasteiger partial charge in [-0.2, -0.15) is 0 Å². The van der Waals surface area contributed by atoms with Crippen molar-refractivity contribution < 1.29 is 4.39 Å². The van der Waals surface area contributed by atoms with E-state index in [1.54, 1.807) is 17.4 Å². The number of piperazine rings is 1. The molecular weight excluding hydrogens is 313 g/mol. The van der Waals surface area contributed by atoms with Crippen LogP contribution in [0, 0.1) is 12.7 Å². The summed E-state index contributed by atoms with van der Waals surface area (Å²) in [5.41, 5.74) is 1.70. The summed E-state index contributed by atoms with van der Waals surface area (Å²) in [6.07, 6.45) is 1.51. The molecule has 0 N–H and O–H groups in total. The van der Waals surface area contributed by atoms with Crippen LogP contribution in [0.5, 0.6) is 0 Å². The second-order valence-corrected chi connectivity index (χ2v) is 6.41. The summed E-state index contributed by atoms with van der Waals surface area (Å²) in [5, 5.41) is 3.63. The number of anilines is 2. The van der Waals surface area contributed by atoms with Gasteiger partial charge in [-0.15, -0.1) is 11.3 Å². The summed E-state index contributed by atoms with van der Waals surface area (Å²) in [6.45, 7) is 5.30. The molecule has 7 heteroatoms. The highest BCUT2D eigenvalue weighted by molar-refractivity contribution is 7.13. The van der Waals surface area contributed by atoms with E-state index >= 15 is 0 Å². The number of fused-ring (bicyclic) bond motifs is 1. The van der Waals surface area contributed by atoms with Gasteiger partial charge in [0.1, 0.15) is 18.0 Å². The summed E-state index contributed by atoms with van der Waals surface area (Å²) in [4.78, 5) is 17.4. The number of rotatable bonds is 2. The van der Waals surface area contributed by atoms with Crippen molar-refractivity contribution in [1.82, 2.24) is 15.0 Å². The summed E-state index contributed by atoms with van der Waals surface area (Å²) < 4.78 is 14.2. The number of nitrogens with zero attached hydrogens (tertiary/aromatic N) is 5. The molecule has 1 aliphatic heterocycles. The molecular formula is C16H16FN5S. The van der Waals surface area contributed by atoms with Crippen LogP contribution in [0.25, 0.3) is 10.9 Å². The number of aryl methyl sites for hydroxylation is 1. The molecule has 0 atom stereocenters. The monoisotopic (exact) mass is 329 g/mol. The third kappa shape index (κ3) is 2.61. The summed E-state index contributed by atoms with van der Waals surface area (Å²) in [7, 11) is 0. The molecule has 0 saturated carbocycles. The highest BCUT2D eigenvalue weighted by Gasteiger charge is 2.22. The molecule has 1 fully saturated rings. The van der Waals surface area contributed by atoms with Crippen LogP contribution in [0.15, 0.2) is 29.9 Å². The van der Waals surface area contributed by atoms with Crippen molar-refractivity contribution in [3.8, 4) is 0 Å². The van der Waals surface area contributed by atoms with Crippen LogP contribution in [0.2, 0.25) is 0 Å². The standard InChI is InChI=1S/C16H16FN5S/c1-11-9-23-16(20-11)22-7-5-21(6-8-22)15-14-12(17)3-2-4-13(14)18-10-19-15/h2-4,9-10H,5-8H2,1H3. The van der Waals surface area contributed by atoms with Crippen molar-refractivity contribution in [2.24, 2.45) is 0 Å². The molecule has 0 amide bonds. The Balaban J connectivity index is 1.59. The summed E-state index contributed by atoms with van der Waals surface area (Å²) in [6, 6.07) is 4.96. The largest absolute Gasteiger partial charge is 0.352 e. The van der Waals surface area contributed by atoms with E-state index in [2.05, 4.69) is 30.1 Å². The lowest BCUT2D eigenvalue weighted by molar-refractivity contribution is 0.630. The first kappa shape index (κ1) is 14.3. The number of aromatic nitrogens is 3. The highest BCUT2D eigenvalue weighted by Crippen LogP contribution is 2.28. The van der Waals surface area contributed by atoms with Gasteiger partial charge >= 0.3 is 0 Å². The van der Waals surface area contributed by atoms with Crippen molar-refractivity contribution in [2.75, 3.05) is 36.0 Å². The lowest BCUT2D eigenvalue weighted by Crippen LogP contribution is -2.47. The summed E-state index contributed by atoms with van der Waals surface area (Å²) in [5.74, 6) is 0.416. The van der Waals surface area contributed by atoms with Crippen molar-refractivity contribution >= 4 is 33.2 Å². The first-order valence-corrected chi connectivity index (χ1v) is 8.41. The fourth-order valence-corrected chi connectivity index (χ4v) is 3.75. The Hall–Kier alpha value is -2.28. The van der Waals surface area contributed by atoms with E-state index in [4.69, 9.17) is 0 Å². The van der Waals surface area contributed by atoms with Crippen molar-refractivity contribution in [3.63, 3.8) is 0 Å². The van der Waals surface area contributed by atoms with E-state index in [1.807, 2.05) is 13.0 Å². The molecule has 3 aromatic rings. The number of benzene rings is 1. The first-order chi connectivity index (χ1) is 11.2. The molecule has 23 heavy (non-hydrogen) atoms. The fourth-order valence-electron chi connectivity index (χ4n) is 2.89. The predicted octanol–water partition coefficient (Wildman–Crippen LogP) is 2.86. The van der Waals surface area contributed by atoms with Crippen LogP contribution in [-0.4, -0.2) is 41.1 Å². The molecule has 0 aliphatic carbocycles. The van der Waals surface area contributed by atoms with Gasteiger partial charge < -0.3 is 9.80 Å². The Labute approximate surface area is 137 Å². The van der Waals surface area contributed by atoms with E-state index in [9.17, 15) is 4.39 Å². The first-order valence-electron chi connectivity index (χ1n) is 7.53. The minimum atomic E-state index is -0.268. The second-order valence-electron chi connectivity index (χ2n) is 5.58. The average Bonchev–Trinajstić information content (AvgIpc) is 3.01. The van der Waals surface area contributed by atoms with Gasteiger partial charge in [-0.05, 0) is 19.1 Å². The molecule has 1 saturated heterocycles. The van der Waals surface area contributed by atoms with E-state index in [0.29, 0.717) is 16.7 Å².